The van der Waals surface area contributed by atoms with Gasteiger partial charge < -0.3 is 0 Å². The number of aryl methyl sites for hydroxylation is 1. The number of amides is 1. The van der Waals surface area contributed by atoms with Gasteiger partial charge in [0.05, 0.1) is 22.9 Å². The van der Waals surface area contributed by atoms with Gasteiger partial charge in [-0.15, -0.1) is 0 Å². The molecule has 0 atom stereocenters. The second-order valence-corrected chi connectivity index (χ2v) is 5.40. The van der Waals surface area contributed by atoms with Crippen molar-refractivity contribution in [3.63, 3.8) is 0 Å². The summed E-state index contributed by atoms with van der Waals surface area (Å²) in [6, 6.07) is 9.23. The Balaban J connectivity index is 2.23. The Bertz CT molecular complexity index is 808. The van der Waals surface area contributed by atoms with Crippen LogP contribution in [0.3, 0.4) is 0 Å². The van der Waals surface area contributed by atoms with Crippen LogP contribution in [0.5, 0.6) is 0 Å². The van der Waals surface area contributed by atoms with Gasteiger partial charge >= 0.3 is 6.18 Å². The van der Waals surface area contributed by atoms with Crippen LogP contribution in [0.4, 0.5) is 18.9 Å². The first kappa shape index (κ1) is 17.6. The van der Waals surface area contributed by atoms with Crippen molar-refractivity contribution in [2.75, 3.05) is 5.43 Å². The molecule has 0 radical (unpaired) electrons. The number of benzene rings is 2. The van der Waals surface area contributed by atoms with Crippen LogP contribution in [0.1, 0.15) is 27.0 Å². The summed E-state index contributed by atoms with van der Waals surface area (Å²) >= 11 is 5.85. The standard InChI is InChI=1S/C16H11ClF3N3O/c1-9-4-11(7-12(17)5-9)15(24)23-22-14-3-2-10(8-21)6-13(14)16(18,19)20/h2-7,22H,1H3,(H,23,24). The van der Waals surface area contributed by atoms with Gasteiger partial charge in [-0.2, -0.15) is 18.4 Å². The summed E-state index contributed by atoms with van der Waals surface area (Å²) in [4.78, 5) is 12.0. The van der Waals surface area contributed by atoms with Gasteiger partial charge in [0.25, 0.3) is 5.91 Å². The third kappa shape index (κ3) is 4.18. The molecule has 0 spiro atoms. The highest BCUT2D eigenvalue weighted by atomic mass is 35.5. The number of rotatable bonds is 3. The van der Waals surface area contributed by atoms with Crippen LogP contribution in [-0.2, 0) is 6.18 Å². The molecule has 8 heteroatoms. The summed E-state index contributed by atoms with van der Waals surface area (Å²) in [5.41, 5.74) is 3.81. The fourth-order valence-electron chi connectivity index (χ4n) is 2.02. The van der Waals surface area contributed by atoms with E-state index in [2.05, 4.69) is 10.9 Å². The number of hydrazine groups is 1. The van der Waals surface area contributed by atoms with Crippen LogP contribution < -0.4 is 10.9 Å². The van der Waals surface area contributed by atoms with Crippen molar-refractivity contribution in [2.45, 2.75) is 13.1 Å². The maximum absolute atomic E-state index is 13.0. The molecule has 24 heavy (non-hydrogen) atoms. The molecule has 0 aliphatic heterocycles. The molecule has 2 aromatic carbocycles. The molecule has 0 heterocycles. The number of nitrogens with zero attached hydrogens (tertiary/aromatic N) is 1. The van der Waals surface area contributed by atoms with Crippen molar-refractivity contribution < 1.29 is 18.0 Å². The predicted octanol–water partition coefficient (Wildman–Crippen LogP) is 4.30. The SMILES string of the molecule is Cc1cc(Cl)cc(C(=O)NNc2ccc(C#N)cc2C(F)(F)F)c1. The molecule has 0 saturated carbocycles. The van der Waals surface area contributed by atoms with Crippen LogP contribution in [0.2, 0.25) is 5.02 Å². The molecule has 4 nitrogen and oxygen atoms in total. The lowest BCUT2D eigenvalue weighted by Crippen LogP contribution is -2.30. The van der Waals surface area contributed by atoms with E-state index in [1.807, 2.05) is 0 Å². The fourth-order valence-corrected chi connectivity index (χ4v) is 2.31. The summed E-state index contributed by atoms with van der Waals surface area (Å²) < 4.78 is 39.1. The van der Waals surface area contributed by atoms with Gasteiger partial charge in [0, 0.05) is 10.6 Å². The summed E-state index contributed by atoms with van der Waals surface area (Å²) in [6.07, 6.45) is -4.67. The molecule has 1 amide bonds. The zero-order valence-electron chi connectivity index (χ0n) is 12.3. The van der Waals surface area contributed by atoms with Crippen molar-refractivity contribution in [1.29, 1.82) is 5.26 Å². The van der Waals surface area contributed by atoms with Gasteiger partial charge in [-0.3, -0.25) is 15.6 Å². The molecule has 0 aliphatic rings. The van der Waals surface area contributed by atoms with Gasteiger partial charge in [-0.1, -0.05) is 11.6 Å². The van der Waals surface area contributed by atoms with Crippen molar-refractivity contribution >= 4 is 23.2 Å². The predicted molar refractivity (Wildman–Crippen MR) is 83.4 cm³/mol. The summed E-state index contributed by atoms with van der Waals surface area (Å²) in [6.45, 7) is 1.73. The van der Waals surface area contributed by atoms with Gasteiger partial charge in [0.2, 0.25) is 0 Å². The fraction of sp³-hybridized carbons (Fsp3) is 0.125. The highest BCUT2D eigenvalue weighted by molar-refractivity contribution is 6.31. The van der Waals surface area contributed by atoms with Gasteiger partial charge in [-0.25, -0.2) is 0 Å². The average molecular weight is 354 g/mol. The molecule has 0 fully saturated rings. The number of alkyl halides is 3. The Morgan fingerprint density at radius 3 is 2.50 bits per heavy atom. The molecule has 2 N–H and O–H groups in total. The maximum Gasteiger partial charge on any atom is 0.418 e. The quantitative estimate of drug-likeness (QED) is 0.809. The zero-order chi connectivity index (χ0) is 17.9. The van der Waals surface area contributed by atoms with E-state index in [-0.39, 0.29) is 16.8 Å². The largest absolute Gasteiger partial charge is 0.418 e. The second-order valence-electron chi connectivity index (χ2n) is 4.97. The number of halogens is 4. The van der Waals surface area contributed by atoms with E-state index >= 15 is 0 Å². The Morgan fingerprint density at radius 1 is 1.21 bits per heavy atom. The van der Waals surface area contributed by atoms with Gasteiger partial charge in [0.15, 0.2) is 0 Å². The first-order valence-electron chi connectivity index (χ1n) is 6.65. The molecule has 0 aromatic heterocycles. The lowest BCUT2D eigenvalue weighted by molar-refractivity contribution is -0.137. The number of carbonyl (C=O) groups excluding carboxylic acids is 1. The molecule has 0 saturated heterocycles. The molecule has 124 valence electrons. The summed E-state index contributed by atoms with van der Waals surface area (Å²) in [5.74, 6) is -0.641. The van der Waals surface area contributed by atoms with Crippen LogP contribution in [-0.4, -0.2) is 5.91 Å². The minimum atomic E-state index is -4.67. The van der Waals surface area contributed by atoms with Crippen molar-refractivity contribution in [3.05, 3.63) is 63.7 Å². The zero-order valence-corrected chi connectivity index (χ0v) is 13.1. The van der Waals surface area contributed by atoms with E-state index in [9.17, 15) is 18.0 Å². The normalized spacial score (nSPS) is 10.8. The monoisotopic (exact) mass is 353 g/mol. The first-order valence-corrected chi connectivity index (χ1v) is 7.03. The molecule has 0 bridgehead atoms. The number of nitrogens with one attached hydrogen (secondary N) is 2. The Hall–Kier alpha value is -2.72. The third-order valence-corrected chi connectivity index (χ3v) is 3.29. The van der Waals surface area contributed by atoms with E-state index < -0.39 is 17.6 Å². The smallest absolute Gasteiger partial charge is 0.298 e. The van der Waals surface area contributed by atoms with E-state index in [4.69, 9.17) is 16.9 Å². The molecule has 2 rings (SSSR count). The number of hydrogen-bond acceptors (Lipinski definition) is 3. The lowest BCUT2D eigenvalue weighted by Gasteiger charge is -2.15. The van der Waals surface area contributed by atoms with Crippen LogP contribution >= 0.6 is 11.6 Å². The molecular weight excluding hydrogens is 343 g/mol. The molecule has 0 aliphatic carbocycles. The number of anilines is 1. The first-order chi connectivity index (χ1) is 11.2. The minimum Gasteiger partial charge on any atom is -0.298 e. The minimum absolute atomic E-state index is 0.135. The van der Waals surface area contributed by atoms with Crippen LogP contribution in [0.15, 0.2) is 36.4 Å². The molecular formula is C16H11ClF3N3O. The third-order valence-electron chi connectivity index (χ3n) is 3.07. The highest BCUT2D eigenvalue weighted by Gasteiger charge is 2.34. The van der Waals surface area contributed by atoms with Gasteiger partial charge in [0.1, 0.15) is 0 Å². The lowest BCUT2D eigenvalue weighted by atomic mass is 10.1. The highest BCUT2D eigenvalue weighted by Crippen LogP contribution is 2.35. The Kier molecular flexibility index (Phi) is 5.00. The average Bonchev–Trinajstić information content (AvgIpc) is 2.50. The number of nitriles is 1. The van der Waals surface area contributed by atoms with Gasteiger partial charge in [-0.05, 0) is 48.9 Å². The topological polar surface area (TPSA) is 64.9 Å². The number of hydrogen-bond donors (Lipinski definition) is 2. The van der Waals surface area contributed by atoms with Crippen molar-refractivity contribution in [3.8, 4) is 6.07 Å². The van der Waals surface area contributed by atoms with Crippen LogP contribution in [0.25, 0.3) is 0 Å². The Labute approximate surface area is 140 Å². The number of carbonyl (C=O) groups is 1. The maximum atomic E-state index is 13.0. The summed E-state index contributed by atoms with van der Waals surface area (Å²) in [7, 11) is 0. The van der Waals surface area contributed by atoms with E-state index in [1.165, 1.54) is 12.1 Å². The van der Waals surface area contributed by atoms with Crippen molar-refractivity contribution in [2.24, 2.45) is 0 Å². The van der Waals surface area contributed by atoms with Crippen LogP contribution in [0, 0.1) is 18.3 Å². The summed E-state index contributed by atoms with van der Waals surface area (Å²) in [5, 5.41) is 9.06. The molecule has 0 unspecified atom stereocenters. The van der Waals surface area contributed by atoms with E-state index in [0.29, 0.717) is 11.1 Å². The molecule has 2 aromatic rings. The van der Waals surface area contributed by atoms with E-state index in [0.717, 1.165) is 11.6 Å². The Morgan fingerprint density at radius 2 is 1.92 bits per heavy atom. The van der Waals surface area contributed by atoms with Crippen molar-refractivity contribution in [1.82, 2.24) is 5.43 Å². The van der Waals surface area contributed by atoms with E-state index in [1.54, 1.807) is 25.1 Å². The second kappa shape index (κ2) is 6.81.